The van der Waals surface area contributed by atoms with Crippen LogP contribution in [0.25, 0.3) is 0 Å². The maximum absolute atomic E-state index is 12.7. The lowest BCUT2D eigenvalue weighted by atomic mass is 10.0. The average Bonchev–Trinajstić information content (AvgIpc) is 2.77. The summed E-state index contributed by atoms with van der Waals surface area (Å²) in [5.41, 5.74) is 5.64. The molecule has 1 heterocycles. The number of hydrogen-bond acceptors (Lipinski definition) is 3. The molecule has 0 unspecified atom stereocenters. The molecule has 0 spiro atoms. The number of rotatable bonds is 5. The Kier molecular flexibility index (Phi) is 4.96. The second-order valence-electron chi connectivity index (χ2n) is 6.10. The number of nitrogens with zero attached hydrogens (tertiary/aromatic N) is 2. The third kappa shape index (κ3) is 3.48. The molecule has 0 aliphatic carbocycles. The quantitative estimate of drug-likeness (QED) is 0.914. The molecule has 1 N–H and O–H groups in total. The molecule has 0 fully saturated rings. The minimum Gasteiger partial charge on any atom is -0.333 e. The van der Waals surface area contributed by atoms with E-state index in [4.69, 9.17) is 0 Å². The van der Waals surface area contributed by atoms with Gasteiger partial charge in [-0.1, -0.05) is 6.07 Å². The zero-order chi connectivity index (χ0) is 17.4. The molecule has 0 aliphatic heterocycles. The third-order valence-corrected chi connectivity index (χ3v) is 6.29. The number of nitrogens with one attached hydrogen (secondary N) is 1. The summed E-state index contributed by atoms with van der Waals surface area (Å²) in [5, 5.41) is 0. The van der Waals surface area contributed by atoms with E-state index in [0.29, 0.717) is 18.0 Å². The first-order valence-corrected chi connectivity index (χ1v) is 9.19. The third-order valence-electron chi connectivity index (χ3n) is 4.56. The Morgan fingerprint density at radius 2 is 1.61 bits per heavy atom. The smallest absolute Gasteiger partial charge is 0.241 e. The molecule has 0 atom stereocenters. The fraction of sp³-hybridized carbons (Fsp3) is 0.471. The van der Waals surface area contributed by atoms with Crippen molar-refractivity contribution in [3.8, 4) is 0 Å². The maximum Gasteiger partial charge on any atom is 0.241 e. The van der Waals surface area contributed by atoms with Crippen molar-refractivity contribution < 1.29 is 8.42 Å². The molecule has 126 valence electrons. The van der Waals surface area contributed by atoms with Crippen molar-refractivity contribution in [2.24, 2.45) is 0 Å². The summed E-state index contributed by atoms with van der Waals surface area (Å²) >= 11 is 0. The zero-order valence-electron chi connectivity index (χ0n) is 14.7. The van der Waals surface area contributed by atoms with Crippen LogP contribution in [0.15, 0.2) is 17.3 Å². The van der Waals surface area contributed by atoms with Gasteiger partial charge in [-0.3, -0.25) is 0 Å². The Hall–Kier alpha value is -1.66. The van der Waals surface area contributed by atoms with Gasteiger partial charge in [0.05, 0.1) is 16.9 Å². The van der Waals surface area contributed by atoms with Crippen LogP contribution in [0.1, 0.15) is 33.6 Å². The summed E-state index contributed by atoms with van der Waals surface area (Å²) in [7, 11) is -3.53. The van der Waals surface area contributed by atoms with Crippen LogP contribution in [0.5, 0.6) is 0 Å². The molecule has 0 radical (unpaired) electrons. The van der Waals surface area contributed by atoms with E-state index in [1.54, 1.807) is 6.33 Å². The largest absolute Gasteiger partial charge is 0.333 e. The van der Waals surface area contributed by atoms with E-state index in [1.165, 1.54) is 0 Å². The van der Waals surface area contributed by atoms with Crippen LogP contribution >= 0.6 is 0 Å². The van der Waals surface area contributed by atoms with Crippen LogP contribution in [0.3, 0.4) is 0 Å². The predicted octanol–water partition coefficient (Wildman–Crippen LogP) is 2.71. The summed E-state index contributed by atoms with van der Waals surface area (Å²) in [5.74, 6) is 0. The van der Waals surface area contributed by atoms with Gasteiger partial charge in [-0.25, -0.2) is 18.1 Å². The Morgan fingerprint density at radius 1 is 1.04 bits per heavy atom. The summed E-state index contributed by atoms with van der Waals surface area (Å²) in [4.78, 5) is 4.64. The molecule has 5 nitrogen and oxygen atoms in total. The van der Waals surface area contributed by atoms with Crippen LogP contribution in [-0.4, -0.2) is 24.5 Å². The highest BCUT2D eigenvalue weighted by molar-refractivity contribution is 7.89. The van der Waals surface area contributed by atoms with Gasteiger partial charge in [0.15, 0.2) is 0 Å². The van der Waals surface area contributed by atoms with Crippen LogP contribution in [-0.2, 0) is 16.6 Å². The van der Waals surface area contributed by atoms with Crippen molar-refractivity contribution >= 4 is 10.0 Å². The highest BCUT2D eigenvalue weighted by Gasteiger charge is 2.21. The maximum atomic E-state index is 12.7. The number of imidazole rings is 1. The van der Waals surface area contributed by atoms with Crippen LogP contribution in [0, 0.1) is 41.5 Å². The number of sulfonamides is 1. The SMILES string of the molecule is Cc1cc(C)c(C)c(S(=O)(=O)NCCn2cnc(C)c2C)c1C. The van der Waals surface area contributed by atoms with Crippen LogP contribution in [0.2, 0.25) is 0 Å². The summed E-state index contributed by atoms with van der Waals surface area (Å²) < 4.78 is 30.1. The molecular weight excluding hydrogens is 310 g/mol. The lowest BCUT2D eigenvalue weighted by molar-refractivity contribution is 0.569. The van der Waals surface area contributed by atoms with Gasteiger partial charge in [0.1, 0.15) is 0 Å². The molecule has 1 aromatic heterocycles. The van der Waals surface area contributed by atoms with E-state index in [2.05, 4.69) is 9.71 Å². The van der Waals surface area contributed by atoms with Crippen molar-refractivity contribution in [1.29, 1.82) is 0 Å². The van der Waals surface area contributed by atoms with Gasteiger partial charge in [0.25, 0.3) is 0 Å². The molecule has 0 bridgehead atoms. The van der Waals surface area contributed by atoms with E-state index in [1.807, 2.05) is 52.2 Å². The monoisotopic (exact) mass is 335 g/mol. The first-order valence-electron chi connectivity index (χ1n) is 7.70. The van der Waals surface area contributed by atoms with E-state index in [9.17, 15) is 8.42 Å². The number of benzene rings is 1. The molecule has 6 heteroatoms. The lowest BCUT2D eigenvalue weighted by Crippen LogP contribution is -2.29. The van der Waals surface area contributed by atoms with Crippen LogP contribution in [0.4, 0.5) is 0 Å². The molecular formula is C17H25N3O2S. The molecule has 0 saturated carbocycles. The standard InChI is InChI=1S/C17H25N3O2S/c1-11-9-12(2)14(4)17(13(11)3)23(21,22)19-7-8-20-10-18-15(5)16(20)6/h9-10,19H,7-8H2,1-6H3. The minimum atomic E-state index is -3.53. The van der Waals surface area contributed by atoms with Gasteiger partial charge in [-0.15, -0.1) is 0 Å². The van der Waals surface area contributed by atoms with Gasteiger partial charge in [0, 0.05) is 18.8 Å². The lowest BCUT2D eigenvalue weighted by Gasteiger charge is -2.16. The Balaban J connectivity index is 2.22. The summed E-state index contributed by atoms with van der Waals surface area (Å²) in [6, 6.07) is 2.03. The second-order valence-corrected chi connectivity index (χ2v) is 7.80. The Labute approximate surface area is 138 Å². The van der Waals surface area contributed by atoms with Gasteiger partial charge in [0.2, 0.25) is 10.0 Å². The van der Waals surface area contributed by atoms with Crippen molar-refractivity contribution in [2.75, 3.05) is 6.54 Å². The van der Waals surface area contributed by atoms with Crippen molar-refractivity contribution in [3.63, 3.8) is 0 Å². The molecule has 2 aromatic rings. The topological polar surface area (TPSA) is 64.0 Å². The Bertz CT molecular complexity index is 810. The number of aryl methyl sites for hydroxylation is 3. The first-order chi connectivity index (χ1) is 10.6. The normalized spacial score (nSPS) is 11.9. The summed E-state index contributed by atoms with van der Waals surface area (Å²) in [6.45, 7) is 12.4. The van der Waals surface area contributed by atoms with Gasteiger partial charge >= 0.3 is 0 Å². The van der Waals surface area contributed by atoms with Crippen molar-refractivity contribution in [1.82, 2.24) is 14.3 Å². The van der Waals surface area contributed by atoms with E-state index < -0.39 is 10.0 Å². The second kappa shape index (κ2) is 6.45. The number of hydrogen-bond donors (Lipinski definition) is 1. The predicted molar refractivity (Wildman–Crippen MR) is 92.3 cm³/mol. The average molecular weight is 335 g/mol. The minimum absolute atomic E-state index is 0.338. The van der Waals surface area contributed by atoms with Gasteiger partial charge < -0.3 is 4.57 Å². The molecule has 2 rings (SSSR count). The zero-order valence-corrected chi connectivity index (χ0v) is 15.5. The Morgan fingerprint density at radius 3 is 2.09 bits per heavy atom. The van der Waals surface area contributed by atoms with Crippen LogP contribution < -0.4 is 4.72 Å². The molecule has 0 saturated heterocycles. The van der Waals surface area contributed by atoms with E-state index >= 15 is 0 Å². The first kappa shape index (κ1) is 17.7. The van der Waals surface area contributed by atoms with Crippen molar-refractivity contribution in [2.45, 2.75) is 53.0 Å². The molecule has 23 heavy (non-hydrogen) atoms. The molecule has 0 aliphatic rings. The highest BCUT2D eigenvalue weighted by Crippen LogP contribution is 2.25. The van der Waals surface area contributed by atoms with Crippen molar-refractivity contribution in [3.05, 3.63) is 46.0 Å². The molecule has 1 aromatic carbocycles. The van der Waals surface area contributed by atoms with Gasteiger partial charge in [-0.05, 0) is 63.8 Å². The van der Waals surface area contributed by atoms with E-state index in [0.717, 1.165) is 33.6 Å². The number of aromatic nitrogens is 2. The van der Waals surface area contributed by atoms with E-state index in [-0.39, 0.29) is 0 Å². The summed E-state index contributed by atoms with van der Waals surface area (Å²) in [6.07, 6.45) is 1.74. The van der Waals surface area contributed by atoms with Gasteiger partial charge in [-0.2, -0.15) is 0 Å². The highest BCUT2D eigenvalue weighted by atomic mass is 32.2. The fourth-order valence-corrected chi connectivity index (χ4v) is 4.36. The molecule has 0 amide bonds. The fourth-order valence-electron chi connectivity index (χ4n) is 2.73.